The van der Waals surface area contributed by atoms with E-state index in [1.165, 1.54) is 7.11 Å². The van der Waals surface area contributed by atoms with Crippen molar-refractivity contribution in [3.8, 4) is 11.5 Å². The maximum absolute atomic E-state index is 9.48. The van der Waals surface area contributed by atoms with Crippen molar-refractivity contribution in [2.75, 3.05) is 7.11 Å². The summed E-state index contributed by atoms with van der Waals surface area (Å²) in [5, 5.41) is 9.86. The molecule has 0 aliphatic rings. The summed E-state index contributed by atoms with van der Waals surface area (Å²) in [6, 6.07) is 3.31. The molecule has 1 aromatic carbocycles. The van der Waals surface area contributed by atoms with Crippen LogP contribution in [0.1, 0.15) is 5.56 Å². The number of ether oxygens (including phenoxy) is 1. The Bertz CT molecular complexity index is 289. The molecule has 1 aromatic rings. The molecule has 66 valence electrons. The normalized spacial score (nSPS) is 9.92. The monoisotopic (exact) mass is 187 g/mol. The predicted molar refractivity (Wildman–Crippen MR) is 47.6 cm³/mol. The zero-order valence-electron chi connectivity index (χ0n) is 6.67. The minimum Gasteiger partial charge on any atom is -0.504 e. The highest BCUT2D eigenvalue weighted by Crippen LogP contribution is 2.36. The second kappa shape index (κ2) is 3.65. The molecule has 0 saturated carbocycles. The van der Waals surface area contributed by atoms with E-state index in [9.17, 15) is 5.11 Å². The van der Waals surface area contributed by atoms with E-state index in [4.69, 9.17) is 22.1 Å². The summed E-state index contributed by atoms with van der Waals surface area (Å²) < 4.78 is 4.88. The Balaban J connectivity index is 3.24. The van der Waals surface area contributed by atoms with Crippen molar-refractivity contribution in [2.45, 2.75) is 6.54 Å². The van der Waals surface area contributed by atoms with Gasteiger partial charge in [-0.2, -0.15) is 0 Å². The molecule has 12 heavy (non-hydrogen) atoms. The van der Waals surface area contributed by atoms with Gasteiger partial charge in [0, 0.05) is 12.1 Å². The van der Waals surface area contributed by atoms with Crippen molar-refractivity contribution in [3.05, 3.63) is 22.7 Å². The van der Waals surface area contributed by atoms with Crippen LogP contribution < -0.4 is 10.5 Å². The van der Waals surface area contributed by atoms with Crippen molar-refractivity contribution in [1.82, 2.24) is 0 Å². The van der Waals surface area contributed by atoms with Gasteiger partial charge in [-0.1, -0.05) is 17.7 Å². The molecule has 0 aliphatic carbocycles. The number of halogens is 1. The van der Waals surface area contributed by atoms with E-state index in [1.807, 2.05) is 0 Å². The minimum absolute atomic E-state index is 0.0208. The maximum Gasteiger partial charge on any atom is 0.179 e. The number of benzene rings is 1. The molecule has 0 radical (unpaired) electrons. The van der Waals surface area contributed by atoms with Crippen molar-refractivity contribution in [1.29, 1.82) is 0 Å². The Morgan fingerprint density at radius 2 is 2.25 bits per heavy atom. The molecular weight excluding hydrogens is 178 g/mol. The van der Waals surface area contributed by atoms with Gasteiger partial charge in [-0.25, -0.2) is 0 Å². The SMILES string of the molecule is COc1c(Cl)ccc(CN)c1O. The molecule has 0 saturated heterocycles. The third-order valence-corrected chi connectivity index (χ3v) is 1.89. The second-order valence-corrected chi connectivity index (χ2v) is 2.70. The fourth-order valence-electron chi connectivity index (χ4n) is 0.946. The number of rotatable bonds is 2. The van der Waals surface area contributed by atoms with Crippen LogP contribution in [0.3, 0.4) is 0 Å². The first-order valence-corrected chi connectivity index (χ1v) is 3.83. The minimum atomic E-state index is 0.0208. The third-order valence-electron chi connectivity index (χ3n) is 1.59. The largest absolute Gasteiger partial charge is 0.504 e. The lowest BCUT2D eigenvalue weighted by Crippen LogP contribution is -1.98. The van der Waals surface area contributed by atoms with E-state index in [0.29, 0.717) is 10.6 Å². The molecule has 0 amide bonds. The highest BCUT2D eigenvalue weighted by Gasteiger charge is 2.09. The van der Waals surface area contributed by atoms with Crippen LogP contribution in [0.25, 0.3) is 0 Å². The maximum atomic E-state index is 9.48. The first-order valence-electron chi connectivity index (χ1n) is 3.45. The van der Waals surface area contributed by atoms with Crippen molar-refractivity contribution in [3.63, 3.8) is 0 Å². The summed E-state index contributed by atoms with van der Waals surface area (Å²) >= 11 is 5.73. The Hall–Kier alpha value is -0.930. The highest BCUT2D eigenvalue weighted by atomic mass is 35.5. The summed E-state index contributed by atoms with van der Waals surface area (Å²) in [4.78, 5) is 0. The number of hydrogen-bond donors (Lipinski definition) is 2. The summed E-state index contributed by atoms with van der Waals surface area (Å²) in [6.45, 7) is 0.263. The van der Waals surface area contributed by atoms with E-state index < -0.39 is 0 Å². The molecule has 1 rings (SSSR count). The highest BCUT2D eigenvalue weighted by molar-refractivity contribution is 6.32. The van der Waals surface area contributed by atoms with Gasteiger partial charge < -0.3 is 15.6 Å². The van der Waals surface area contributed by atoms with Gasteiger partial charge >= 0.3 is 0 Å². The van der Waals surface area contributed by atoms with Crippen molar-refractivity contribution < 1.29 is 9.84 Å². The standard InChI is InChI=1S/C8H10ClNO2/c1-12-8-6(9)3-2-5(4-10)7(8)11/h2-3,11H,4,10H2,1H3. The van der Waals surface area contributed by atoms with Crippen LogP contribution in [0.2, 0.25) is 5.02 Å². The van der Waals surface area contributed by atoms with Crippen molar-refractivity contribution in [2.24, 2.45) is 5.73 Å². The van der Waals surface area contributed by atoms with E-state index in [0.717, 1.165) is 0 Å². The molecule has 3 nitrogen and oxygen atoms in total. The number of hydrogen-bond acceptors (Lipinski definition) is 3. The van der Waals surface area contributed by atoms with Gasteiger partial charge in [-0.15, -0.1) is 0 Å². The van der Waals surface area contributed by atoms with Gasteiger partial charge in [0.25, 0.3) is 0 Å². The predicted octanol–water partition coefficient (Wildman–Crippen LogP) is 1.51. The van der Waals surface area contributed by atoms with Crippen LogP contribution in [-0.4, -0.2) is 12.2 Å². The van der Waals surface area contributed by atoms with Gasteiger partial charge in [0.2, 0.25) is 0 Å². The van der Waals surface area contributed by atoms with Gasteiger partial charge in [0.05, 0.1) is 12.1 Å². The Morgan fingerprint density at radius 3 is 2.75 bits per heavy atom. The summed E-state index contributed by atoms with van der Waals surface area (Å²) in [5.41, 5.74) is 5.99. The lowest BCUT2D eigenvalue weighted by atomic mass is 10.2. The van der Waals surface area contributed by atoms with E-state index in [1.54, 1.807) is 12.1 Å². The van der Waals surface area contributed by atoms with Crippen LogP contribution in [0, 0.1) is 0 Å². The first-order chi connectivity index (χ1) is 5.70. The topological polar surface area (TPSA) is 55.5 Å². The van der Waals surface area contributed by atoms with Crippen LogP contribution in [0.15, 0.2) is 12.1 Å². The van der Waals surface area contributed by atoms with Crippen molar-refractivity contribution >= 4 is 11.6 Å². The van der Waals surface area contributed by atoms with Crippen LogP contribution in [-0.2, 0) is 6.54 Å². The quantitative estimate of drug-likeness (QED) is 0.738. The molecule has 3 N–H and O–H groups in total. The van der Waals surface area contributed by atoms with Gasteiger partial charge in [0.15, 0.2) is 11.5 Å². The first kappa shape index (κ1) is 9.16. The molecule has 0 aromatic heterocycles. The number of aromatic hydroxyl groups is 1. The molecule has 4 heteroatoms. The Labute approximate surface area is 75.7 Å². The smallest absolute Gasteiger partial charge is 0.179 e. The molecule has 0 atom stereocenters. The fourth-order valence-corrected chi connectivity index (χ4v) is 1.18. The van der Waals surface area contributed by atoms with E-state index >= 15 is 0 Å². The second-order valence-electron chi connectivity index (χ2n) is 2.29. The number of methoxy groups -OCH3 is 1. The summed E-state index contributed by atoms with van der Waals surface area (Å²) in [5.74, 6) is 0.298. The van der Waals surface area contributed by atoms with Gasteiger partial charge in [-0.05, 0) is 6.07 Å². The molecule has 0 fully saturated rings. The summed E-state index contributed by atoms with van der Waals surface area (Å²) in [7, 11) is 1.45. The lowest BCUT2D eigenvalue weighted by Gasteiger charge is -2.08. The van der Waals surface area contributed by atoms with Gasteiger partial charge in [-0.3, -0.25) is 0 Å². The average molecular weight is 188 g/mol. The van der Waals surface area contributed by atoms with E-state index in [2.05, 4.69) is 0 Å². The summed E-state index contributed by atoms with van der Waals surface area (Å²) in [6.07, 6.45) is 0. The number of phenolic OH excluding ortho intramolecular Hbond substituents is 1. The molecular formula is C8H10ClNO2. The average Bonchev–Trinajstić information content (AvgIpc) is 2.06. The molecule has 0 unspecified atom stereocenters. The number of nitrogens with two attached hydrogens (primary N) is 1. The number of phenols is 1. The molecule has 0 bridgehead atoms. The zero-order chi connectivity index (χ0) is 9.14. The van der Waals surface area contributed by atoms with Crippen LogP contribution >= 0.6 is 11.6 Å². The van der Waals surface area contributed by atoms with Crippen LogP contribution in [0.5, 0.6) is 11.5 Å². The molecule has 0 aliphatic heterocycles. The Kier molecular flexibility index (Phi) is 2.78. The van der Waals surface area contributed by atoms with Gasteiger partial charge in [0.1, 0.15) is 0 Å². The van der Waals surface area contributed by atoms with E-state index in [-0.39, 0.29) is 18.0 Å². The fraction of sp³-hybridized carbons (Fsp3) is 0.250. The zero-order valence-corrected chi connectivity index (χ0v) is 7.43. The lowest BCUT2D eigenvalue weighted by molar-refractivity contribution is 0.371. The van der Waals surface area contributed by atoms with Crippen LogP contribution in [0.4, 0.5) is 0 Å². The third kappa shape index (κ3) is 1.47. The Morgan fingerprint density at radius 1 is 1.58 bits per heavy atom. The molecule has 0 spiro atoms. The molecule has 0 heterocycles.